The van der Waals surface area contributed by atoms with Gasteiger partial charge in [-0.2, -0.15) is 5.10 Å². The van der Waals surface area contributed by atoms with Crippen molar-refractivity contribution in [1.82, 2.24) is 15.4 Å². The van der Waals surface area contributed by atoms with Crippen LogP contribution in [0.1, 0.15) is 19.4 Å². The van der Waals surface area contributed by atoms with Crippen LogP contribution in [0.2, 0.25) is 0 Å². The Balaban J connectivity index is 1.62. The van der Waals surface area contributed by atoms with Gasteiger partial charge in [0.15, 0.2) is 4.34 Å². The molecule has 24 heavy (non-hydrogen) atoms. The zero-order valence-corrected chi connectivity index (χ0v) is 14.9. The van der Waals surface area contributed by atoms with E-state index in [2.05, 4.69) is 20.5 Å². The summed E-state index contributed by atoms with van der Waals surface area (Å²) >= 11 is 3.03. The van der Waals surface area contributed by atoms with Gasteiger partial charge in [-0.25, -0.2) is 10.4 Å². The van der Waals surface area contributed by atoms with Crippen molar-refractivity contribution >= 4 is 44.9 Å². The Morgan fingerprint density at radius 3 is 2.75 bits per heavy atom. The van der Waals surface area contributed by atoms with E-state index in [4.69, 9.17) is 0 Å². The lowest BCUT2D eigenvalue weighted by molar-refractivity contribution is -0.120. The van der Waals surface area contributed by atoms with Crippen LogP contribution in [0.25, 0.3) is 10.2 Å². The fraction of sp³-hybridized carbons (Fsp3) is 0.176. The van der Waals surface area contributed by atoms with Crippen LogP contribution in [-0.2, 0) is 4.79 Å². The molecule has 0 saturated heterocycles. The molecule has 7 heteroatoms. The van der Waals surface area contributed by atoms with Crippen LogP contribution in [0, 0.1) is 0 Å². The van der Waals surface area contributed by atoms with E-state index in [1.54, 1.807) is 23.7 Å². The van der Waals surface area contributed by atoms with Crippen LogP contribution in [0.5, 0.6) is 0 Å². The SMILES string of the molecule is C/C(=N/NC(=O)[C@@H](C)Sc1nc2ccccc2s1)c1ccncc1. The third-order valence-corrected chi connectivity index (χ3v) is 5.58. The van der Waals surface area contributed by atoms with Crippen molar-refractivity contribution in [3.05, 3.63) is 54.4 Å². The molecule has 0 aliphatic rings. The van der Waals surface area contributed by atoms with Crippen LogP contribution in [-0.4, -0.2) is 26.8 Å². The number of fused-ring (bicyclic) bond motifs is 1. The summed E-state index contributed by atoms with van der Waals surface area (Å²) in [4.78, 5) is 20.7. The van der Waals surface area contributed by atoms with Gasteiger partial charge < -0.3 is 0 Å². The number of hydrazone groups is 1. The molecule has 1 N–H and O–H groups in total. The summed E-state index contributed by atoms with van der Waals surface area (Å²) in [5.74, 6) is -0.146. The van der Waals surface area contributed by atoms with Crippen molar-refractivity contribution in [2.24, 2.45) is 5.10 Å². The number of carbonyl (C=O) groups excluding carboxylic acids is 1. The molecular weight excluding hydrogens is 340 g/mol. The third-order valence-electron chi connectivity index (χ3n) is 3.35. The Bertz CT molecular complexity index is 843. The first-order valence-electron chi connectivity index (χ1n) is 7.40. The Kier molecular flexibility index (Phi) is 5.22. The number of pyridine rings is 1. The largest absolute Gasteiger partial charge is 0.272 e. The van der Waals surface area contributed by atoms with Gasteiger partial charge in [0.25, 0.3) is 5.91 Å². The average molecular weight is 356 g/mol. The third kappa shape index (κ3) is 3.98. The zero-order chi connectivity index (χ0) is 16.9. The number of benzene rings is 1. The molecular formula is C17H16N4OS2. The number of rotatable bonds is 5. The van der Waals surface area contributed by atoms with E-state index in [9.17, 15) is 4.79 Å². The number of aromatic nitrogens is 2. The lowest BCUT2D eigenvalue weighted by Gasteiger charge is -2.08. The van der Waals surface area contributed by atoms with E-state index in [0.29, 0.717) is 0 Å². The maximum absolute atomic E-state index is 12.2. The molecule has 1 atom stereocenters. The van der Waals surface area contributed by atoms with E-state index < -0.39 is 0 Å². The number of amides is 1. The first-order valence-corrected chi connectivity index (χ1v) is 9.10. The van der Waals surface area contributed by atoms with Gasteiger partial charge in [0.2, 0.25) is 0 Å². The first-order chi connectivity index (χ1) is 11.6. The lowest BCUT2D eigenvalue weighted by Crippen LogP contribution is -2.27. The topological polar surface area (TPSA) is 67.2 Å². The minimum atomic E-state index is -0.278. The molecule has 0 radical (unpaired) electrons. The molecule has 122 valence electrons. The molecule has 0 aliphatic heterocycles. The smallest absolute Gasteiger partial charge is 0.253 e. The summed E-state index contributed by atoms with van der Waals surface area (Å²) < 4.78 is 2.01. The normalized spacial score (nSPS) is 13.0. The van der Waals surface area contributed by atoms with E-state index in [-0.39, 0.29) is 11.2 Å². The highest BCUT2D eigenvalue weighted by Gasteiger charge is 2.16. The number of thioether (sulfide) groups is 1. The first kappa shape index (κ1) is 16.6. The molecule has 0 unspecified atom stereocenters. The van der Waals surface area contributed by atoms with Crippen molar-refractivity contribution in [2.75, 3.05) is 0 Å². The summed E-state index contributed by atoms with van der Waals surface area (Å²) in [6.07, 6.45) is 3.39. The van der Waals surface area contributed by atoms with Gasteiger partial charge in [-0.1, -0.05) is 23.9 Å². The number of carbonyl (C=O) groups is 1. The van der Waals surface area contributed by atoms with Gasteiger partial charge >= 0.3 is 0 Å². The lowest BCUT2D eigenvalue weighted by atomic mass is 10.2. The monoisotopic (exact) mass is 356 g/mol. The van der Waals surface area contributed by atoms with Crippen molar-refractivity contribution in [3.8, 4) is 0 Å². The Hall–Kier alpha value is -2.25. The molecule has 0 saturated carbocycles. The maximum Gasteiger partial charge on any atom is 0.253 e. The van der Waals surface area contributed by atoms with Crippen LogP contribution >= 0.6 is 23.1 Å². The molecule has 1 amide bonds. The van der Waals surface area contributed by atoms with Crippen LogP contribution in [0.4, 0.5) is 0 Å². The van der Waals surface area contributed by atoms with Crippen LogP contribution in [0.15, 0.2) is 58.2 Å². The van der Waals surface area contributed by atoms with E-state index in [1.807, 2.05) is 50.2 Å². The van der Waals surface area contributed by atoms with Gasteiger partial charge in [-0.3, -0.25) is 9.78 Å². The number of hydrogen-bond donors (Lipinski definition) is 1. The number of hydrogen-bond acceptors (Lipinski definition) is 6. The molecule has 5 nitrogen and oxygen atoms in total. The van der Waals surface area contributed by atoms with E-state index in [1.165, 1.54) is 11.8 Å². The van der Waals surface area contributed by atoms with Gasteiger partial charge in [0, 0.05) is 18.0 Å². The average Bonchev–Trinajstić information content (AvgIpc) is 3.02. The summed E-state index contributed by atoms with van der Waals surface area (Å²) in [7, 11) is 0. The Labute approximate surface area is 148 Å². The summed E-state index contributed by atoms with van der Waals surface area (Å²) in [5, 5.41) is 3.88. The second-order valence-electron chi connectivity index (χ2n) is 5.12. The fourth-order valence-corrected chi connectivity index (χ4v) is 4.20. The highest BCUT2D eigenvalue weighted by molar-refractivity contribution is 8.02. The van der Waals surface area contributed by atoms with Crippen molar-refractivity contribution in [2.45, 2.75) is 23.4 Å². The Morgan fingerprint density at radius 2 is 2.00 bits per heavy atom. The quantitative estimate of drug-likeness (QED) is 0.430. The van der Waals surface area contributed by atoms with Crippen molar-refractivity contribution < 1.29 is 4.79 Å². The van der Waals surface area contributed by atoms with Gasteiger partial charge in [0.1, 0.15) is 0 Å². The Morgan fingerprint density at radius 1 is 1.25 bits per heavy atom. The number of thiazole rings is 1. The second kappa shape index (κ2) is 7.55. The highest BCUT2D eigenvalue weighted by Crippen LogP contribution is 2.31. The predicted molar refractivity (Wildman–Crippen MR) is 99.5 cm³/mol. The summed E-state index contributed by atoms with van der Waals surface area (Å²) in [6, 6.07) is 11.7. The molecule has 0 fully saturated rings. The number of nitrogens with one attached hydrogen (secondary N) is 1. The molecule has 1 aromatic carbocycles. The van der Waals surface area contributed by atoms with E-state index in [0.717, 1.165) is 25.8 Å². The predicted octanol–water partition coefficient (Wildman–Crippen LogP) is 3.71. The van der Waals surface area contributed by atoms with Crippen molar-refractivity contribution in [3.63, 3.8) is 0 Å². The maximum atomic E-state index is 12.2. The van der Waals surface area contributed by atoms with Gasteiger partial charge in [-0.15, -0.1) is 11.3 Å². The molecule has 0 bridgehead atoms. The molecule has 2 aromatic heterocycles. The van der Waals surface area contributed by atoms with Crippen molar-refractivity contribution in [1.29, 1.82) is 0 Å². The minimum Gasteiger partial charge on any atom is -0.272 e. The van der Waals surface area contributed by atoms with E-state index >= 15 is 0 Å². The molecule has 3 aromatic rings. The molecule has 2 heterocycles. The van der Waals surface area contributed by atoms with Crippen LogP contribution in [0.3, 0.4) is 0 Å². The molecule has 0 spiro atoms. The summed E-state index contributed by atoms with van der Waals surface area (Å²) in [6.45, 7) is 3.70. The number of para-hydroxylation sites is 1. The zero-order valence-electron chi connectivity index (χ0n) is 13.3. The van der Waals surface area contributed by atoms with Crippen LogP contribution < -0.4 is 5.43 Å². The fourth-order valence-electron chi connectivity index (χ4n) is 1.99. The standard InChI is InChI=1S/C17H16N4OS2/c1-11(13-7-9-18-10-8-13)20-21-16(22)12(2)23-17-19-14-5-3-4-6-15(14)24-17/h3-10,12H,1-2H3,(H,21,22)/b20-11-/t12-/m1/s1. The second-order valence-corrected chi connectivity index (χ2v) is 7.74. The molecule has 0 aliphatic carbocycles. The number of nitrogens with zero attached hydrogens (tertiary/aromatic N) is 3. The van der Waals surface area contributed by atoms with Gasteiger partial charge in [-0.05, 0) is 38.1 Å². The van der Waals surface area contributed by atoms with Gasteiger partial charge in [0.05, 0.1) is 21.2 Å². The highest BCUT2D eigenvalue weighted by atomic mass is 32.2. The minimum absolute atomic E-state index is 0.146. The summed E-state index contributed by atoms with van der Waals surface area (Å²) in [5.41, 5.74) is 5.25. The molecule has 3 rings (SSSR count).